The van der Waals surface area contributed by atoms with Crippen LogP contribution in [0.4, 0.5) is 0 Å². The molecule has 0 fully saturated rings. The average Bonchev–Trinajstić information content (AvgIpc) is 3.26. The van der Waals surface area contributed by atoms with Gasteiger partial charge in [0.1, 0.15) is 13.2 Å². The van der Waals surface area contributed by atoms with E-state index in [9.17, 15) is 14.4 Å². The molecular formula is C59H114O6. The molecule has 0 N–H and O–H groups in total. The third kappa shape index (κ3) is 53.2. The van der Waals surface area contributed by atoms with Gasteiger partial charge in [0.25, 0.3) is 0 Å². The first-order chi connectivity index (χ1) is 31.6. The third-order valence-corrected chi connectivity index (χ3v) is 13.4. The van der Waals surface area contributed by atoms with Gasteiger partial charge in [-0.2, -0.15) is 0 Å². The van der Waals surface area contributed by atoms with E-state index in [-0.39, 0.29) is 31.1 Å². The highest BCUT2D eigenvalue weighted by Gasteiger charge is 2.19. The van der Waals surface area contributed by atoms with E-state index in [4.69, 9.17) is 14.2 Å². The van der Waals surface area contributed by atoms with Crippen LogP contribution in [-0.2, 0) is 28.6 Å². The summed E-state index contributed by atoms with van der Waals surface area (Å²) in [6, 6.07) is 0. The number of rotatable bonds is 52. The van der Waals surface area contributed by atoms with Gasteiger partial charge in [0.15, 0.2) is 6.10 Å². The van der Waals surface area contributed by atoms with Crippen molar-refractivity contribution in [2.45, 2.75) is 330 Å². The molecule has 386 valence electrons. The van der Waals surface area contributed by atoms with Crippen LogP contribution in [0.1, 0.15) is 324 Å². The van der Waals surface area contributed by atoms with Crippen LogP contribution in [0.5, 0.6) is 0 Å². The van der Waals surface area contributed by atoms with Gasteiger partial charge in [0.05, 0.1) is 0 Å². The van der Waals surface area contributed by atoms with Crippen molar-refractivity contribution in [3.63, 3.8) is 0 Å². The van der Waals surface area contributed by atoms with Crippen molar-refractivity contribution in [1.82, 2.24) is 0 Å². The van der Waals surface area contributed by atoms with Crippen molar-refractivity contribution in [1.29, 1.82) is 0 Å². The Morgan fingerprint density at radius 1 is 0.262 bits per heavy atom. The van der Waals surface area contributed by atoms with Crippen molar-refractivity contribution in [3.05, 3.63) is 0 Å². The highest BCUT2D eigenvalue weighted by Crippen LogP contribution is 2.18. The molecule has 0 saturated heterocycles. The van der Waals surface area contributed by atoms with Crippen molar-refractivity contribution in [3.8, 4) is 0 Å². The first kappa shape index (κ1) is 63.4. The maximum Gasteiger partial charge on any atom is 0.306 e. The van der Waals surface area contributed by atoms with Crippen LogP contribution in [0.15, 0.2) is 0 Å². The summed E-state index contributed by atoms with van der Waals surface area (Å²) in [5.41, 5.74) is 0. The summed E-state index contributed by atoms with van der Waals surface area (Å²) < 4.78 is 16.9. The molecule has 0 saturated carbocycles. The molecule has 0 bridgehead atoms. The molecule has 65 heavy (non-hydrogen) atoms. The smallest absolute Gasteiger partial charge is 0.306 e. The third-order valence-electron chi connectivity index (χ3n) is 13.4. The van der Waals surface area contributed by atoms with Crippen LogP contribution in [0.2, 0.25) is 0 Å². The molecule has 0 aliphatic heterocycles. The Morgan fingerprint density at radius 2 is 0.446 bits per heavy atom. The second kappa shape index (κ2) is 50.3. The lowest BCUT2D eigenvalue weighted by molar-refractivity contribution is -0.167. The maximum atomic E-state index is 12.8. The summed E-state index contributed by atoms with van der Waals surface area (Å²) in [7, 11) is 0. The molecule has 0 radical (unpaired) electrons. The second-order valence-electron chi connectivity index (χ2n) is 21.7. The van der Waals surface area contributed by atoms with Crippen LogP contribution >= 0.6 is 0 Å². The Bertz CT molecular complexity index is 1010. The van der Waals surface area contributed by atoms with E-state index >= 15 is 0 Å². The zero-order valence-electron chi connectivity index (χ0n) is 44.8. The average molecular weight is 920 g/mol. The van der Waals surface area contributed by atoms with Crippen molar-refractivity contribution in [2.24, 2.45) is 17.8 Å². The Balaban J connectivity index is 4.27. The number of carbonyl (C=O) groups excluding carboxylic acids is 3. The lowest BCUT2D eigenvalue weighted by atomic mass is 10.0. The van der Waals surface area contributed by atoms with Gasteiger partial charge in [-0.3, -0.25) is 14.4 Å². The summed E-state index contributed by atoms with van der Waals surface area (Å²) in [4.78, 5) is 38.1. The van der Waals surface area contributed by atoms with Crippen LogP contribution < -0.4 is 0 Å². The normalized spacial score (nSPS) is 12.1. The first-order valence-corrected chi connectivity index (χ1v) is 29.1. The van der Waals surface area contributed by atoms with Gasteiger partial charge in [-0.1, -0.05) is 286 Å². The second-order valence-corrected chi connectivity index (χ2v) is 21.7. The van der Waals surface area contributed by atoms with E-state index in [1.54, 1.807) is 0 Å². The molecule has 0 aromatic rings. The van der Waals surface area contributed by atoms with Gasteiger partial charge in [-0.15, -0.1) is 0 Å². The summed E-state index contributed by atoms with van der Waals surface area (Å²) in [5.74, 6) is 1.66. The predicted octanol–water partition coefficient (Wildman–Crippen LogP) is 19.1. The molecule has 1 atom stereocenters. The fraction of sp³-hybridized carbons (Fsp3) is 0.949. The quantitative estimate of drug-likeness (QED) is 0.0344. The Labute approximate surface area is 406 Å². The Kier molecular flexibility index (Phi) is 49.1. The topological polar surface area (TPSA) is 78.9 Å². The largest absolute Gasteiger partial charge is 0.462 e. The molecule has 0 aromatic carbocycles. The molecule has 0 amide bonds. The number of esters is 3. The van der Waals surface area contributed by atoms with Gasteiger partial charge in [0.2, 0.25) is 0 Å². The van der Waals surface area contributed by atoms with E-state index in [1.807, 2.05) is 0 Å². The minimum Gasteiger partial charge on any atom is -0.462 e. The van der Waals surface area contributed by atoms with Gasteiger partial charge < -0.3 is 14.2 Å². The van der Waals surface area contributed by atoms with Gasteiger partial charge >= 0.3 is 17.9 Å². The minimum atomic E-state index is -0.764. The number of ether oxygens (including phenoxy) is 3. The minimum absolute atomic E-state index is 0.0636. The monoisotopic (exact) mass is 919 g/mol. The molecule has 0 aliphatic carbocycles. The number of unbranched alkanes of at least 4 members (excludes halogenated alkanes) is 35. The fourth-order valence-corrected chi connectivity index (χ4v) is 9.00. The van der Waals surface area contributed by atoms with E-state index in [1.165, 1.54) is 205 Å². The first-order valence-electron chi connectivity index (χ1n) is 29.1. The van der Waals surface area contributed by atoms with Gasteiger partial charge in [-0.25, -0.2) is 0 Å². The van der Waals surface area contributed by atoms with E-state index in [2.05, 4.69) is 41.5 Å². The molecule has 0 spiro atoms. The van der Waals surface area contributed by atoms with E-state index < -0.39 is 6.10 Å². The summed E-state index contributed by atoms with van der Waals surface area (Å²) >= 11 is 0. The molecule has 6 nitrogen and oxygen atoms in total. The van der Waals surface area contributed by atoms with Gasteiger partial charge in [-0.05, 0) is 37.0 Å². The Hall–Kier alpha value is -1.59. The lowest BCUT2D eigenvalue weighted by Gasteiger charge is -2.18. The van der Waals surface area contributed by atoms with Crippen molar-refractivity contribution >= 4 is 17.9 Å². The standard InChI is InChI=1S/C59H114O6/c1-53(2)45-39-33-27-21-16-12-9-7-8-10-14-18-24-30-36-42-48-57(60)63-51-56(52-64-58(61)49-43-37-31-26-20-23-29-35-41-47-55(5)6)65-59(62)50-44-38-32-25-19-15-11-13-17-22-28-34-40-46-54(3)4/h53-56H,7-52H2,1-6H3/t56-/m1/s1. The molecule has 0 aliphatic rings. The Morgan fingerprint density at radius 3 is 0.662 bits per heavy atom. The van der Waals surface area contributed by atoms with Crippen molar-refractivity contribution < 1.29 is 28.6 Å². The van der Waals surface area contributed by atoms with Crippen LogP contribution in [0.25, 0.3) is 0 Å². The van der Waals surface area contributed by atoms with E-state index in [0.717, 1.165) is 75.5 Å². The molecular weight excluding hydrogens is 805 g/mol. The summed E-state index contributed by atoms with van der Waals surface area (Å²) in [6.45, 7) is 13.8. The van der Waals surface area contributed by atoms with Gasteiger partial charge in [0, 0.05) is 19.3 Å². The highest BCUT2D eigenvalue weighted by atomic mass is 16.6. The van der Waals surface area contributed by atoms with Crippen LogP contribution in [-0.4, -0.2) is 37.2 Å². The zero-order chi connectivity index (χ0) is 47.7. The summed E-state index contributed by atoms with van der Waals surface area (Å²) in [5, 5.41) is 0. The molecule has 0 aromatic heterocycles. The zero-order valence-corrected chi connectivity index (χ0v) is 44.8. The lowest BCUT2D eigenvalue weighted by Crippen LogP contribution is -2.30. The molecule has 0 unspecified atom stereocenters. The molecule has 0 rings (SSSR count). The number of hydrogen-bond acceptors (Lipinski definition) is 6. The van der Waals surface area contributed by atoms with Crippen molar-refractivity contribution in [2.75, 3.05) is 13.2 Å². The van der Waals surface area contributed by atoms with E-state index in [0.29, 0.717) is 19.3 Å². The van der Waals surface area contributed by atoms with Crippen LogP contribution in [0.3, 0.4) is 0 Å². The predicted molar refractivity (Wildman–Crippen MR) is 279 cm³/mol. The molecule has 0 heterocycles. The van der Waals surface area contributed by atoms with Crippen LogP contribution in [0, 0.1) is 17.8 Å². The highest BCUT2D eigenvalue weighted by molar-refractivity contribution is 5.71. The maximum absolute atomic E-state index is 12.8. The molecule has 6 heteroatoms. The number of hydrogen-bond donors (Lipinski definition) is 0. The fourth-order valence-electron chi connectivity index (χ4n) is 9.00. The SMILES string of the molecule is CC(C)CCCCCCCCCCCCCCCCCCC(=O)OC[C@H](COC(=O)CCCCCCCCCCCC(C)C)OC(=O)CCCCCCCCCCCCCCCC(C)C. The number of carbonyl (C=O) groups is 3. The summed E-state index contributed by atoms with van der Waals surface area (Å²) in [6.07, 6.45) is 52.4.